The van der Waals surface area contributed by atoms with E-state index >= 15 is 0 Å². The van der Waals surface area contributed by atoms with Crippen LogP contribution in [0, 0.1) is 17.8 Å². The van der Waals surface area contributed by atoms with E-state index in [2.05, 4.69) is 22.3 Å². The third-order valence-electron chi connectivity index (χ3n) is 4.90. The second kappa shape index (κ2) is 5.65. The Balaban J connectivity index is 1.43. The first-order valence-corrected chi connectivity index (χ1v) is 8.00. The summed E-state index contributed by atoms with van der Waals surface area (Å²) >= 11 is 0. The van der Waals surface area contributed by atoms with Gasteiger partial charge in [0.2, 0.25) is 5.91 Å². The van der Waals surface area contributed by atoms with Crippen LogP contribution in [-0.2, 0) is 11.3 Å². The number of allylic oxidation sites excluding steroid dienone is 2. The minimum atomic E-state index is 0.137. The van der Waals surface area contributed by atoms with Gasteiger partial charge in [-0.1, -0.05) is 17.3 Å². The minimum absolute atomic E-state index is 0.137. The number of hydrogen-bond donors (Lipinski definition) is 0. The van der Waals surface area contributed by atoms with E-state index in [-0.39, 0.29) is 11.8 Å². The molecule has 1 saturated carbocycles. The van der Waals surface area contributed by atoms with Crippen molar-refractivity contribution >= 4 is 5.91 Å². The minimum Gasteiger partial charge on any atom is -0.359 e. The highest BCUT2D eigenvalue weighted by molar-refractivity contribution is 5.80. The average molecular weight is 309 g/mol. The number of aromatic nitrogens is 2. The first-order chi connectivity index (χ1) is 11.2. The molecule has 5 heteroatoms. The van der Waals surface area contributed by atoms with Gasteiger partial charge in [0.25, 0.3) is 0 Å². The van der Waals surface area contributed by atoms with Gasteiger partial charge in [0.05, 0.1) is 6.54 Å². The molecule has 2 bridgehead atoms. The first-order valence-electron chi connectivity index (χ1n) is 8.00. The second-order valence-electron chi connectivity index (χ2n) is 6.50. The molecule has 5 nitrogen and oxygen atoms in total. The van der Waals surface area contributed by atoms with Gasteiger partial charge in [-0.2, -0.15) is 0 Å². The fourth-order valence-corrected chi connectivity index (χ4v) is 3.71. The lowest BCUT2D eigenvalue weighted by Gasteiger charge is -2.23. The standard InChI is InChI=1S/C18H19N3O2/c1-21(18(22)16-9-12-2-3-14(16)8-12)11-15-10-17(20-23-15)13-4-6-19-7-5-13/h2-7,10,12,14,16H,8-9,11H2,1H3/t12-,14+,16-/m1/s1. The van der Waals surface area contributed by atoms with E-state index in [9.17, 15) is 4.79 Å². The van der Waals surface area contributed by atoms with E-state index in [0.29, 0.717) is 24.1 Å². The number of hydrogen-bond acceptors (Lipinski definition) is 4. The fraction of sp³-hybridized carbons (Fsp3) is 0.389. The number of fused-ring (bicyclic) bond motifs is 2. The molecular weight excluding hydrogens is 290 g/mol. The predicted molar refractivity (Wildman–Crippen MR) is 85.1 cm³/mol. The third-order valence-corrected chi connectivity index (χ3v) is 4.90. The van der Waals surface area contributed by atoms with Gasteiger partial charge in [-0.3, -0.25) is 9.78 Å². The zero-order chi connectivity index (χ0) is 15.8. The van der Waals surface area contributed by atoms with Gasteiger partial charge >= 0.3 is 0 Å². The topological polar surface area (TPSA) is 59.2 Å². The van der Waals surface area contributed by atoms with Crippen LogP contribution in [0.1, 0.15) is 18.6 Å². The maximum Gasteiger partial charge on any atom is 0.226 e. The van der Waals surface area contributed by atoms with E-state index in [1.165, 1.54) is 0 Å². The van der Waals surface area contributed by atoms with Crippen molar-refractivity contribution in [1.29, 1.82) is 0 Å². The van der Waals surface area contributed by atoms with Crippen molar-refractivity contribution in [1.82, 2.24) is 15.0 Å². The lowest BCUT2D eigenvalue weighted by molar-refractivity contribution is -0.135. The summed E-state index contributed by atoms with van der Waals surface area (Å²) in [6, 6.07) is 5.66. The zero-order valence-electron chi connectivity index (χ0n) is 13.1. The Hall–Kier alpha value is -2.43. The smallest absolute Gasteiger partial charge is 0.226 e. The van der Waals surface area contributed by atoms with Crippen LogP contribution >= 0.6 is 0 Å². The lowest BCUT2D eigenvalue weighted by atomic mass is 9.92. The highest BCUT2D eigenvalue weighted by Crippen LogP contribution is 2.44. The Kier molecular flexibility index (Phi) is 3.48. The van der Waals surface area contributed by atoms with E-state index in [0.717, 1.165) is 24.1 Å². The van der Waals surface area contributed by atoms with Crippen LogP contribution in [0.25, 0.3) is 11.3 Å². The van der Waals surface area contributed by atoms with Crippen molar-refractivity contribution in [3.05, 3.63) is 48.5 Å². The molecule has 2 aromatic rings. The SMILES string of the molecule is CN(Cc1cc(-c2ccncc2)no1)C(=O)[C@@H]1C[C@@H]2C=C[C@H]1C2. The Bertz CT molecular complexity index is 738. The molecule has 1 amide bonds. The van der Waals surface area contributed by atoms with E-state index < -0.39 is 0 Å². The van der Waals surface area contributed by atoms with Crippen LogP contribution in [-0.4, -0.2) is 28.0 Å². The largest absolute Gasteiger partial charge is 0.359 e. The maximum absolute atomic E-state index is 12.6. The van der Waals surface area contributed by atoms with Gasteiger partial charge in [-0.05, 0) is 36.8 Å². The molecule has 0 spiro atoms. The van der Waals surface area contributed by atoms with Gasteiger partial charge < -0.3 is 9.42 Å². The Morgan fingerprint density at radius 1 is 1.30 bits per heavy atom. The summed E-state index contributed by atoms with van der Waals surface area (Å²) in [6.45, 7) is 0.453. The Morgan fingerprint density at radius 2 is 2.13 bits per heavy atom. The molecule has 2 aliphatic carbocycles. The predicted octanol–water partition coefficient (Wildman–Crippen LogP) is 2.91. The first kappa shape index (κ1) is 14.2. The van der Waals surface area contributed by atoms with E-state index in [1.807, 2.05) is 25.2 Å². The van der Waals surface area contributed by atoms with Crippen molar-refractivity contribution in [2.75, 3.05) is 7.05 Å². The molecule has 1 fully saturated rings. The second-order valence-corrected chi connectivity index (χ2v) is 6.50. The van der Waals surface area contributed by atoms with Crippen LogP contribution < -0.4 is 0 Å². The van der Waals surface area contributed by atoms with Crippen molar-refractivity contribution < 1.29 is 9.32 Å². The highest BCUT2D eigenvalue weighted by Gasteiger charge is 2.40. The molecule has 2 aliphatic rings. The van der Waals surface area contributed by atoms with Gasteiger partial charge in [0.15, 0.2) is 5.76 Å². The summed E-state index contributed by atoms with van der Waals surface area (Å²) in [5, 5.41) is 4.08. The molecule has 2 heterocycles. The van der Waals surface area contributed by atoms with Gasteiger partial charge in [0, 0.05) is 37.0 Å². The van der Waals surface area contributed by atoms with Crippen LogP contribution in [0.3, 0.4) is 0 Å². The monoisotopic (exact) mass is 309 g/mol. The average Bonchev–Trinajstić information content (AvgIpc) is 3.31. The van der Waals surface area contributed by atoms with Crippen LogP contribution in [0.4, 0.5) is 0 Å². The summed E-state index contributed by atoms with van der Waals surface area (Å²) in [5.41, 5.74) is 1.73. The molecular formula is C18H19N3O2. The molecule has 3 atom stereocenters. The zero-order valence-corrected chi connectivity index (χ0v) is 13.1. The summed E-state index contributed by atoms with van der Waals surface area (Å²) in [6.07, 6.45) is 10.0. The summed E-state index contributed by atoms with van der Waals surface area (Å²) in [5.74, 6) is 2.08. The summed E-state index contributed by atoms with van der Waals surface area (Å²) in [4.78, 5) is 18.4. The molecule has 2 aromatic heterocycles. The molecule has 23 heavy (non-hydrogen) atoms. The number of carbonyl (C=O) groups is 1. The van der Waals surface area contributed by atoms with E-state index in [1.54, 1.807) is 17.3 Å². The number of amides is 1. The lowest BCUT2D eigenvalue weighted by Crippen LogP contribution is -2.34. The van der Waals surface area contributed by atoms with Crippen molar-refractivity contribution in [2.45, 2.75) is 19.4 Å². The number of nitrogens with zero attached hydrogens (tertiary/aromatic N) is 3. The normalized spacial score (nSPS) is 25.0. The Labute approximate surface area is 135 Å². The molecule has 0 N–H and O–H groups in total. The van der Waals surface area contributed by atoms with Gasteiger partial charge in [-0.25, -0.2) is 0 Å². The maximum atomic E-state index is 12.6. The van der Waals surface area contributed by atoms with Crippen molar-refractivity contribution in [3.63, 3.8) is 0 Å². The quantitative estimate of drug-likeness (QED) is 0.815. The fourth-order valence-electron chi connectivity index (χ4n) is 3.71. The van der Waals surface area contributed by atoms with Crippen LogP contribution in [0.2, 0.25) is 0 Å². The molecule has 0 unspecified atom stereocenters. The van der Waals surface area contributed by atoms with Crippen LogP contribution in [0.15, 0.2) is 47.3 Å². The molecule has 0 aromatic carbocycles. The number of carbonyl (C=O) groups excluding carboxylic acids is 1. The van der Waals surface area contributed by atoms with Crippen LogP contribution in [0.5, 0.6) is 0 Å². The molecule has 118 valence electrons. The molecule has 4 rings (SSSR count). The summed E-state index contributed by atoms with van der Waals surface area (Å²) < 4.78 is 5.39. The highest BCUT2D eigenvalue weighted by atomic mass is 16.5. The summed E-state index contributed by atoms with van der Waals surface area (Å²) in [7, 11) is 1.84. The van der Waals surface area contributed by atoms with Crippen molar-refractivity contribution in [3.8, 4) is 11.3 Å². The molecule has 0 saturated heterocycles. The Morgan fingerprint density at radius 3 is 2.83 bits per heavy atom. The third kappa shape index (κ3) is 2.67. The molecule has 0 radical (unpaired) electrons. The van der Waals surface area contributed by atoms with Gasteiger partial charge in [0.1, 0.15) is 5.69 Å². The van der Waals surface area contributed by atoms with Crippen molar-refractivity contribution in [2.24, 2.45) is 17.8 Å². The number of pyridine rings is 1. The van der Waals surface area contributed by atoms with E-state index in [4.69, 9.17) is 4.52 Å². The van der Waals surface area contributed by atoms with Gasteiger partial charge in [-0.15, -0.1) is 0 Å². The number of rotatable bonds is 4. The molecule has 0 aliphatic heterocycles.